The zero-order chi connectivity index (χ0) is 13.2. The van der Waals surface area contributed by atoms with Crippen LogP contribution in [-0.2, 0) is 19.4 Å². The average Bonchev–Trinajstić information content (AvgIpc) is 2.94. The maximum atomic E-state index is 6.49. The van der Waals surface area contributed by atoms with E-state index in [0.29, 0.717) is 5.92 Å². The van der Waals surface area contributed by atoms with Crippen LogP contribution in [0.4, 0.5) is 0 Å². The zero-order valence-corrected chi connectivity index (χ0v) is 11.4. The van der Waals surface area contributed by atoms with Gasteiger partial charge in [-0.3, -0.25) is 4.68 Å². The zero-order valence-electron chi connectivity index (χ0n) is 11.4. The van der Waals surface area contributed by atoms with Gasteiger partial charge in [0, 0.05) is 18.8 Å². The first kappa shape index (κ1) is 12.4. The maximum Gasteiger partial charge on any atom is 0.0554 e. The van der Waals surface area contributed by atoms with Crippen LogP contribution in [0.2, 0.25) is 0 Å². The maximum absolute atomic E-state index is 6.49. The van der Waals surface area contributed by atoms with Gasteiger partial charge in [0.05, 0.1) is 5.69 Å². The summed E-state index contributed by atoms with van der Waals surface area (Å²) < 4.78 is 2.02. The minimum Gasteiger partial charge on any atom is -0.322 e. The summed E-state index contributed by atoms with van der Waals surface area (Å²) >= 11 is 0. The van der Waals surface area contributed by atoms with E-state index in [4.69, 9.17) is 5.73 Å². The van der Waals surface area contributed by atoms with Gasteiger partial charge in [0.2, 0.25) is 0 Å². The molecule has 1 aromatic heterocycles. The number of hydrogen-bond donors (Lipinski definition) is 1. The molecular formula is C16H21N3. The number of rotatable bonds is 3. The molecule has 2 aromatic rings. The van der Waals surface area contributed by atoms with Crippen molar-refractivity contribution in [1.82, 2.24) is 9.78 Å². The molecule has 1 aliphatic carbocycles. The van der Waals surface area contributed by atoms with Gasteiger partial charge in [-0.1, -0.05) is 24.3 Å². The standard InChI is InChI=1S/C16H21N3/c1-2-19-15(9-10-18-19)16(17)14-8-7-12-5-3-4-6-13(12)11-14/h3-6,9-10,14,16H,2,7-8,11,17H2,1H3. The van der Waals surface area contributed by atoms with Gasteiger partial charge < -0.3 is 5.73 Å². The van der Waals surface area contributed by atoms with Crippen molar-refractivity contribution >= 4 is 0 Å². The number of nitrogens with two attached hydrogens (primary N) is 1. The summed E-state index contributed by atoms with van der Waals surface area (Å²) in [5.74, 6) is 0.525. The summed E-state index contributed by atoms with van der Waals surface area (Å²) in [6.45, 7) is 3.00. The Hall–Kier alpha value is -1.61. The van der Waals surface area contributed by atoms with Gasteiger partial charge in [-0.05, 0) is 49.3 Å². The fourth-order valence-electron chi connectivity index (χ4n) is 3.16. The molecule has 0 amide bonds. The predicted molar refractivity (Wildman–Crippen MR) is 76.8 cm³/mol. The molecule has 1 aromatic carbocycles. The summed E-state index contributed by atoms with van der Waals surface area (Å²) in [5, 5.41) is 4.33. The molecule has 0 saturated heterocycles. The molecule has 1 heterocycles. The first-order valence-electron chi connectivity index (χ1n) is 7.13. The highest BCUT2D eigenvalue weighted by Crippen LogP contribution is 2.32. The van der Waals surface area contributed by atoms with Gasteiger partial charge in [0.15, 0.2) is 0 Å². The number of benzene rings is 1. The normalized spacial score (nSPS) is 20.0. The van der Waals surface area contributed by atoms with Gasteiger partial charge >= 0.3 is 0 Å². The molecule has 0 bridgehead atoms. The summed E-state index contributed by atoms with van der Waals surface area (Å²) in [4.78, 5) is 0. The molecule has 0 aliphatic heterocycles. The van der Waals surface area contributed by atoms with Crippen molar-refractivity contribution in [2.24, 2.45) is 11.7 Å². The van der Waals surface area contributed by atoms with Gasteiger partial charge in [-0.25, -0.2) is 0 Å². The Morgan fingerprint density at radius 2 is 2.11 bits per heavy atom. The molecule has 3 rings (SSSR count). The number of fused-ring (bicyclic) bond motifs is 1. The van der Waals surface area contributed by atoms with Crippen LogP contribution in [0.1, 0.15) is 36.2 Å². The molecule has 3 heteroatoms. The average molecular weight is 255 g/mol. The van der Waals surface area contributed by atoms with Crippen LogP contribution < -0.4 is 5.73 Å². The topological polar surface area (TPSA) is 43.8 Å². The minimum absolute atomic E-state index is 0.0933. The van der Waals surface area contributed by atoms with Crippen LogP contribution >= 0.6 is 0 Å². The molecule has 2 N–H and O–H groups in total. The van der Waals surface area contributed by atoms with Crippen LogP contribution in [0.25, 0.3) is 0 Å². The largest absolute Gasteiger partial charge is 0.322 e. The molecule has 0 spiro atoms. The summed E-state index contributed by atoms with van der Waals surface area (Å²) in [6.07, 6.45) is 5.27. The monoisotopic (exact) mass is 255 g/mol. The predicted octanol–water partition coefficient (Wildman–Crippen LogP) is 2.71. The minimum atomic E-state index is 0.0933. The van der Waals surface area contributed by atoms with E-state index < -0.39 is 0 Å². The van der Waals surface area contributed by atoms with E-state index in [0.717, 1.165) is 19.4 Å². The van der Waals surface area contributed by atoms with Crippen molar-refractivity contribution in [1.29, 1.82) is 0 Å². The highest BCUT2D eigenvalue weighted by Gasteiger charge is 2.26. The molecule has 0 radical (unpaired) electrons. The molecule has 100 valence electrons. The quantitative estimate of drug-likeness (QED) is 0.916. The molecule has 1 aliphatic rings. The Kier molecular flexibility index (Phi) is 3.38. The van der Waals surface area contributed by atoms with Crippen LogP contribution in [0.5, 0.6) is 0 Å². The second-order valence-corrected chi connectivity index (χ2v) is 5.37. The third-order valence-corrected chi connectivity index (χ3v) is 4.28. The lowest BCUT2D eigenvalue weighted by Crippen LogP contribution is -2.29. The Bertz CT molecular complexity index is 559. The molecular weight excluding hydrogens is 234 g/mol. The molecule has 3 nitrogen and oxygen atoms in total. The molecule has 19 heavy (non-hydrogen) atoms. The summed E-state index contributed by atoms with van der Waals surface area (Å²) in [6, 6.07) is 10.9. The van der Waals surface area contributed by atoms with Crippen molar-refractivity contribution in [2.45, 2.75) is 38.8 Å². The Balaban J connectivity index is 1.81. The van der Waals surface area contributed by atoms with E-state index in [9.17, 15) is 0 Å². The smallest absolute Gasteiger partial charge is 0.0554 e. The van der Waals surface area contributed by atoms with E-state index >= 15 is 0 Å². The number of nitrogens with zero attached hydrogens (tertiary/aromatic N) is 2. The third-order valence-electron chi connectivity index (χ3n) is 4.28. The fourth-order valence-corrected chi connectivity index (χ4v) is 3.16. The van der Waals surface area contributed by atoms with E-state index in [2.05, 4.69) is 42.4 Å². The van der Waals surface area contributed by atoms with Crippen molar-refractivity contribution in [2.75, 3.05) is 0 Å². The molecule has 2 unspecified atom stereocenters. The van der Waals surface area contributed by atoms with Gasteiger partial charge in [-0.15, -0.1) is 0 Å². The molecule has 0 saturated carbocycles. The van der Waals surface area contributed by atoms with E-state index in [-0.39, 0.29) is 6.04 Å². The molecule has 0 fully saturated rings. The van der Waals surface area contributed by atoms with E-state index in [1.165, 1.54) is 23.2 Å². The van der Waals surface area contributed by atoms with Crippen molar-refractivity contribution in [3.63, 3.8) is 0 Å². The van der Waals surface area contributed by atoms with Crippen molar-refractivity contribution < 1.29 is 0 Å². The molecule has 2 atom stereocenters. The highest BCUT2D eigenvalue weighted by atomic mass is 15.3. The first-order valence-corrected chi connectivity index (χ1v) is 7.13. The lowest BCUT2D eigenvalue weighted by atomic mass is 9.79. The summed E-state index contributed by atoms with van der Waals surface area (Å²) in [5.41, 5.74) is 10.6. The van der Waals surface area contributed by atoms with Crippen LogP contribution in [0, 0.1) is 5.92 Å². The Morgan fingerprint density at radius 1 is 1.32 bits per heavy atom. The van der Waals surface area contributed by atoms with Crippen molar-refractivity contribution in [3.05, 3.63) is 53.3 Å². The second-order valence-electron chi connectivity index (χ2n) is 5.37. The van der Waals surface area contributed by atoms with Crippen LogP contribution in [0.3, 0.4) is 0 Å². The lowest BCUT2D eigenvalue weighted by molar-refractivity contribution is 0.364. The summed E-state index contributed by atoms with van der Waals surface area (Å²) in [7, 11) is 0. The highest BCUT2D eigenvalue weighted by molar-refractivity contribution is 5.30. The SMILES string of the molecule is CCn1nccc1C(N)C1CCc2ccccc2C1. The number of aryl methyl sites for hydroxylation is 2. The van der Waals surface area contributed by atoms with Crippen molar-refractivity contribution in [3.8, 4) is 0 Å². The second kappa shape index (κ2) is 5.17. The van der Waals surface area contributed by atoms with Crippen LogP contribution in [-0.4, -0.2) is 9.78 Å². The number of hydrogen-bond acceptors (Lipinski definition) is 2. The Labute approximate surface area is 114 Å². The van der Waals surface area contributed by atoms with Gasteiger partial charge in [0.25, 0.3) is 0 Å². The fraction of sp³-hybridized carbons (Fsp3) is 0.438. The third kappa shape index (κ3) is 2.30. The van der Waals surface area contributed by atoms with Crippen LogP contribution in [0.15, 0.2) is 36.5 Å². The number of aromatic nitrogens is 2. The van der Waals surface area contributed by atoms with Gasteiger partial charge in [0.1, 0.15) is 0 Å². The van der Waals surface area contributed by atoms with Gasteiger partial charge in [-0.2, -0.15) is 5.10 Å². The lowest BCUT2D eigenvalue weighted by Gasteiger charge is -2.29. The van der Waals surface area contributed by atoms with E-state index in [1.807, 2.05) is 10.9 Å². The van der Waals surface area contributed by atoms with E-state index in [1.54, 1.807) is 0 Å². The Morgan fingerprint density at radius 3 is 2.89 bits per heavy atom. The first-order chi connectivity index (χ1) is 9.29.